The van der Waals surface area contributed by atoms with Crippen LogP contribution in [0.25, 0.3) is 22.2 Å². The molecule has 0 aliphatic heterocycles. The summed E-state index contributed by atoms with van der Waals surface area (Å²) in [7, 11) is 1.86. The first kappa shape index (κ1) is 22.7. The summed E-state index contributed by atoms with van der Waals surface area (Å²) in [5, 5.41) is 5.95. The molecule has 2 N–H and O–H groups in total. The maximum absolute atomic E-state index is 14.7. The minimum absolute atomic E-state index is 0.0117. The lowest BCUT2D eigenvalue weighted by Gasteiger charge is -2.10. The van der Waals surface area contributed by atoms with E-state index in [1.165, 1.54) is 6.07 Å². The first-order valence-corrected chi connectivity index (χ1v) is 11.9. The van der Waals surface area contributed by atoms with Gasteiger partial charge in [0.2, 0.25) is 11.9 Å². The van der Waals surface area contributed by atoms with Gasteiger partial charge in [0, 0.05) is 43.7 Å². The molecule has 1 saturated carbocycles. The standard InChI is InChI=1S/C28H23FN6O2/c1-35-25-7-5-20(37-21-10-13-31-26(16-21)34-27(36)18-2-3-18)15-24(25)33-28(35)32-23-14-19(4-6-22(23)29)17-8-11-30-12-9-17/h4-16,18H,2-3H2,1H3,(H,32,33)(H,31,34,36). The molecule has 0 radical (unpaired) electrons. The van der Waals surface area contributed by atoms with E-state index in [9.17, 15) is 9.18 Å². The Balaban J connectivity index is 1.23. The molecule has 2 aromatic carbocycles. The summed E-state index contributed by atoms with van der Waals surface area (Å²) in [5.74, 6) is 1.77. The van der Waals surface area contributed by atoms with E-state index in [-0.39, 0.29) is 17.6 Å². The second kappa shape index (κ2) is 9.34. The molecular weight excluding hydrogens is 471 g/mol. The molecule has 6 rings (SSSR count). The zero-order valence-corrected chi connectivity index (χ0v) is 20.0. The molecule has 8 nitrogen and oxygen atoms in total. The maximum Gasteiger partial charge on any atom is 0.228 e. The van der Waals surface area contributed by atoms with E-state index in [1.807, 2.05) is 41.9 Å². The van der Waals surface area contributed by atoms with Crippen LogP contribution in [0.15, 0.2) is 79.3 Å². The minimum atomic E-state index is -0.379. The number of pyridine rings is 2. The zero-order chi connectivity index (χ0) is 25.4. The molecule has 0 saturated heterocycles. The number of benzene rings is 2. The molecule has 3 aromatic heterocycles. The van der Waals surface area contributed by atoms with Crippen molar-refractivity contribution in [2.24, 2.45) is 13.0 Å². The number of nitrogens with one attached hydrogen (secondary N) is 2. The number of aromatic nitrogens is 4. The van der Waals surface area contributed by atoms with Crippen LogP contribution in [0.4, 0.5) is 21.8 Å². The van der Waals surface area contributed by atoms with Gasteiger partial charge in [-0.2, -0.15) is 0 Å². The third-order valence-electron chi connectivity index (χ3n) is 6.25. The van der Waals surface area contributed by atoms with Crippen molar-refractivity contribution in [2.75, 3.05) is 10.6 Å². The molecule has 1 fully saturated rings. The van der Waals surface area contributed by atoms with Crippen LogP contribution in [0.3, 0.4) is 0 Å². The van der Waals surface area contributed by atoms with Crippen LogP contribution >= 0.6 is 0 Å². The highest BCUT2D eigenvalue weighted by Gasteiger charge is 2.29. The quantitative estimate of drug-likeness (QED) is 0.286. The van der Waals surface area contributed by atoms with Crippen LogP contribution in [-0.4, -0.2) is 25.4 Å². The molecule has 5 aromatic rings. The smallest absolute Gasteiger partial charge is 0.228 e. The lowest BCUT2D eigenvalue weighted by Crippen LogP contribution is -2.14. The molecule has 0 unspecified atom stereocenters. The average molecular weight is 495 g/mol. The molecule has 3 heterocycles. The van der Waals surface area contributed by atoms with Crippen molar-refractivity contribution in [1.29, 1.82) is 0 Å². The molecule has 1 aliphatic carbocycles. The third-order valence-corrected chi connectivity index (χ3v) is 6.25. The third kappa shape index (κ3) is 4.84. The van der Waals surface area contributed by atoms with Crippen LogP contribution in [-0.2, 0) is 11.8 Å². The number of amides is 1. The Hall–Kier alpha value is -4.79. The van der Waals surface area contributed by atoms with Crippen LogP contribution in [0.1, 0.15) is 12.8 Å². The molecule has 1 aliphatic rings. The van der Waals surface area contributed by atoms with Gasteiger partial charge < -0.3 is 19.9 Å². The number of ether oxygens (including phenoxy) is 1. The second-order valence-corrected chi connectivity index (χ2v) is 8.94. The lowest BCUT2D eigenvalue weighted by molar-refractivity contribution is -0.117. The summed E-state index contributed by atoms with van der Waals surface area (Å²) < 4.78 is 22.5. The van der Waals surface area contributed by atoms with E-state index in [0.717, 1.165) is 29.5 Å². The Morgan fingerprint density at radius 1 is 0.973 bits per heavy atom. The number of hydrogen-bond donors (Lipinski definition) is 2. The molecule has 184 valence electrons. The lowest BCUT2D eigenvalue weighted by atomic mass is 10.1. The first-order chi connectivity index (χ1) is 18.0. The summed E-state index contributed by atoms with van der Waals surface area (Å²) in [4.78, 5) is 24.9. The average Bonchev–Trinajstić information content (AvgIpc) is 3.72. The van der Waals surface area contributed by atoms with Gasteiger partial charge >= 0.3 is 0 Å². The zero-order valence-electron chi connectivity index (χ0n) is 20.0. The van der Waals surface area contributed by atoms with E-state index in [2.05, 4.69) is 25.6 Å². The van der Waals surface area contributed by atoms with E-state index < -0.39 is 0 Å². The fourth-order valence-corrected chi connectivity index (χ4v) is 4.07. The van der Waals surface area contributed by atoms with Crippen molar-refractivity contribution in [3.63, 3.8) is 0 Å². The fourth-order valence-electron chi connectivity index (χ4n) is 4.07. The second-order valence-electron chi connectivity index (χ2n) is 8.94. The fraction of sp³-hybridized carbons (Fsp3) is 0.143. The van der Waals surface area contributed by atoms with Gasteiger partial charge in [0.15, 0.2) is 0 Å². The number of aryl methyl sites for hydroxylation is 1. The van der Waals surface area contributed by atoms with Gasteiger partial charge in [-0.15, -0.1) is 0 Å². The Kier molecular flexibility index (Phi) is 5.72. The summed E-state index contributed by atoms with van der Waals surface area (Å²) in [6.07, 6.45) is 6.84. The number of carbonyl (C=O) groups excluding carboxylic acids is 1. The minimum Gasteiger partial charge on any atom is -0.457 e. The Bertz CT molecular complexity index is 1610. The van der Waals surface area contributed by atoms with Gasteiger partial charge in [-0.25, -0.2) is 14.4 Å². The molecule has 0 atom stereocenters. The highest BCUT2D eigenvalue weighted by molar-refractivity contribution is 5.93. The number of carbonyl (C=O) groups is 1. The molecule has 0 bridgehead atoms. The Morgan fingerprint density at radius 3 is 2.59 bits per heavy atom. The van der Waals surface area contributed by atoms with Gasteiger partial charge in [-0.1, -0.05) is 6.07 Å². The van der Waals surface area contributed by atoms with E-state index in [1.54, 1.807) is 42.9 Å². The van der Waals surface area contributed by atoms with Crippen molar-refractivity contribution in [2.45, 2.75) is 12.8 Å². The van der Waals surface area contributed by atoms with E-state index >= 15 is 0 Å². The predicted molar refractivity (Wildman–Crippen MR) is 139 cm³/mol. The summed E-state index contributed by atoms with van der Waals surface area (Å²) >= 11 is 0. The van der Waals surface area contributed by atoms with Crippen LogP contribution < -0.4 is 15.4 Å². The van der Waals surface area contributed by atoms with E-state index in [4.69, 9.17) is 4.74 Å². The normalized spacial score (nSPS) is 12.9. The number of imidazole rings is 1. The summed E-state index contributed by atoms with van der Waals surface area (Å²) in [6, 6.07) is 17.6. The van der Waals surface area contributed by atoms with Gasteiger partial charge in [0.1, 0.15) is 23.1 Å². The predicted octanol–water partition coefficient (Wildman–Crippen LogP) is 6.05. The number of anilines is 3. The van der Waals surface area contributed by atoms with Crippen molar-refractivity contribution in [3.8, 4) is 22.6 Å². The maximum atomic E-state index is 14.7. The molecule has 1 amide bonds. The van der Waals surface area contributed by atoms with E-state index in [0.29, 0.717) is 34.5 Å². The van der Waals surface area contributed by atoms with Crippen molar-refractivity contribution in [1.82, 2.24) is 19.5 Å². The van der Waals surface area contributed by atoms with Gasteiger partial charge in [0.25, 0.3) is 0 Å². The Morgan fingerprint density at radius 2 is 1.78 bits per heavy atom. The molecular formula is C28H23FN6O2. The highest BCUT2D eigenvalue weighted by Crippen LogP contribution is 2.32. The highest BCUT2D eigenvalue weighted by atomic mass is 19.1. The number of nitrogens with zero attached hydrogens (tertiary/aromatic N) is 4. The summed E-state index contributed by atoms with van der Waals surface area (Å²) in [6.45, 7) is 0. The topological polar surface area (TPSA) is 94.0 Å². The molecule has 0 spiro atoms. The number of fused-ring (bicyclic) bond motifs is 1. The van der Waals surface area contributed by atoms with Gasteiger partial charge in [0.05, 0.1) is 16.7 Å². The van der Waals surface area contributed by atoms with Crippen molar-refractivity contribution < 1.29 is 13.9 Å². The number of hydrogen-bond acceptors (Lipinski definition) is 6. The van der Waals surface area contributed by atoms with Crippen LogP contribution in [0.5, 0.6) is 11.5 Å². The largest absolute Gasteiger partial charge is 0.457 e. The van der Waals surface area contributed by atoms with Crippen LogP contribution in [0.2, 0.25) is 0 Å². The van der Waals surface area contributed by atoms with Crippen molar-refractivity contribution in [3.05, 3.63) is 85.1 Å². The number of rotatable bonds is 7. The SMILES string of the molecule is Cn1c(Nc2cc(-c3ccncc3)ccc2F)nc2cc(Oc3ccnc(NC(=O)C4CC4)c3)ccc21. The molecule has 9 heteroatoms. The number of halogens is 1. The van der Waals surface area contributed by atoms with Crippen LogP contribution in [0, 0.1) is 11.7 Å². The van der Waals surface area contributed by atoms with Crippen molar-refractivity contribution >= 4 is 34.4 Å². The van der Waals surface area contributed by atoms with Gasteiger partial charge in [-0.3, -0.25) is 9.78 Å². The van der Waals surface area contributed by atoms with Gasteiger partial charge in [-0.05, 0) is 66.4 Å². The summed E-state index contributed by atoms with van der Waals surface area (Å²) in [5.41, 5.74) is 3.67. The monoisotopic (exact) mass is 494 g/mol. The Labute approximate surface area is 212 Å². The first-order valence-electron chi connectivity index (χ1n) is 11.9. The molecule has 37 heavy (non-hydrogen) atoms.